The van der Waals surface area contributed by atoms with E-state index in [1.54, 1.807) is 0 Å². The van der Waals surface area contributed by atoms with Crippen molar-refractivity contribution in [1.29, 1.82) is 0 Å². The van der Waals surface area contributed by atoms with Crippen molar-refractivity contribution in [3.05, 3.63) is 70.7 Å². The summed E-state index contributed by atoms with van der Waals surface area (Å²) >= 11 is 6.12. The fourth-order valence-corrected chi connectivity index (χ4v) is 4.90. The first-order valence-electron chi connectivity index (χ1n) is 12.7. The second-order valence-electron chi connectivity index (χ2n) is 9.51. The van der Waals surface area contributed by atoms with Crippen LogP contribution in [0.3, 0.4) is 0 Å². The minimum absolute atomic E-state index is 0.138. The van der Waals surface area contributed by atoms with Crippen molar-refractivity contribution >= 4 is 17.6 Å². The van der Waals surface area contributed by atoms with Gasteiger partial charge in [0.1, 0.15) is 37.6 Å². The molecule has 2 unspecified atom stereocenters. The van der Waals surface area contributed by atoms with Gasteiger partial charge in [-0.1, -0.05) is 54.1 Å². The highest BCUT2D eigenvalue weighted by Crippen LogP contribution is 2.30. The lowest BCUT2D eigenvalue weighted by molar-refractivity contribution is -0.287. The summed E-state index contributed by atoms with van der Waals surface area (Å²) in [6.07, 6.45) is -7.57. The lowest BCUT2D eigenvalue weighted by atomic mass is 9.96. The molecule has 6 atom stereocenters. The SMILES string of the molecule is O=C(COCCN1CCN(C(c2ccccc2)c2ccc(Cl)cc2)CC1)OC[C@H]1OC(O)[C@H](O)[C@@H](O)[C@H]1O. The maximum atomic E-state index is 12.0. The van der Waals surface area contributed by atoms with Gasteiger partial charge in [-0.15, -0.1) is 0 Å². The molecule has 2 aromatic rings. The summed E-state index contributed by atoms with van der Waals surface area (Å²) in [7, 11) is 0. The molecule has 0 radical (unpaired) electrons. The molecule has 2 fully saturated rings. The van der Waals surface area contributed by atoms with E-state index in [4.69, 9.17) is 25.8 Å². The number of esters is 1. The van der Waals surface area contributed by atoms with Gasteiger partial charge in [0.25, 0.3) is 0 Å². The number of nitrogens with zero attached hydrogens (tertiary/aromatic N) is 2. The van der Waals surface area contributed by atoms with E-state index in [1.165, 1.54) is 11.1 Å². The molecule has 4 N–H and O–H groups in total. The number of piperazine rings is 1. The van der Waals surface area contributed by atoms with Crippen LogP contribution in [0.25, 0.3) is 0 Å². The Labute approximate surface area is 226 Å². The van der Waals surface area contributed by atoms with Crippen LogP contribution >= 0.6 is 11.6 Å². The van der Waals surface area contributed by atoms with Crippen LogP contribution in [0.4, 0.5) is 0 Å². The number of rotatable bonds is 10. The van der Waals surface area contributed by atoms with Gasteiger partial charge in [-0.25, -0.2) is 4.79 Å². The summed E-state index contributed by atoms with van der Waals surface area (Å²) in [5.41, 5.74) is 2.43. The Bertz CT molecular complexity index is 1010. The molecular formula is C27H35ClN2O8. The molecule has 38 heavy (non-hydrogen) atoms. The van der Waals surface area contributed by atoms with Gasteiger partial charge in [-0.2, -0.15) is 0 Å². The molecule has 10 nitrogen and oxygen atoms in total. The van der Waals surface area contributed by atoms with Crippen molar-refractivity contribution in [2.75, 3.05) is 52.5 Å². The first-order valence-corrected chi connectivity index (χ1v) is 13.1. The molecule has 0 aromatic heterocycles. The smallest absolute Gasteiger partial charge is 0.332 e. The predicted octanol–water partition coefficient (Wildman–Crippen LogP) is 0.407. The lowest BCUT2D eigenvalue weighted by Crippen LogP contribution is -2.58. The third-order valence-electron chi connectivity index (χ3n) is 6.94. The molecule has 2 aromatic carbocycles. The van der Waals surface area contributed by atoms with Crippen LogP contribution < -0.4 is 0 Å². The van der Waals surface area contributed by atoms with Gasteiger partial charge in [0.05, 0.1) is 12.6 Å². The van der Waals surface area contributed by atoms with Gasteiger partial charge in [0.2, 0.25) is 0 Å². The van der Waals surface area contributed by atoms with E-state index in [9.17, 15) is 25.2 Å². The fourth-order valence-electron chi connectivity index (χ4n) is 4.77. The number of benzene rings is 2. The highest BCUT2D eigenvalue weighted by atomic mass is 35.5. The molecule has 0 amide bonds. The summed E-state index contributed by atoms with van der Waals surface area (Å²) in [6.45, 7) is 3.82. The van der Waals surface area contributed by atoms with Gasteiger partial charge in [-0.3, -0.25) is 9.80 Å². The third kappa shape index (κ3) is 7.50. The summed E-state index contributed by atoms with van der Waals surface area (Å²) in [6, 6.07) is 18.6. The number of ether oxygens (including phenoxy) is 3. The van der Waals surface area contributed by atoms with Crippen molar-refractivity contribution in [3.8, 4) is 0 Å². The summed E-state index contributed by atoms with van der Waals surface area (Å²) in [4.78, 5) is 16.7. The molecule has 0 aliphatic carbocycles. The second kappa shape index (κ2) is 13.8. The standard InChI is InChI=1S/C27H35ClN2O8/c28-20-8-6-19(7-9-20)23(18-4-2-1-3-5-18)30-12-10-29(11-13-30)14-15-36-17-22(31)37-16-21-24(32)25(33)26(34)27(35)38-21/h1-9,21,23-27,32-35H,10-17H2/t21-,23?,24+,25+,26-,27?/m1/s1. The highest BCUT2D eigenvalue weighted by Gasteiger charge is 2.43. The van der Waals surface area contributed by atoms with Crippen molar-refractivity contribution in [2.45, 2.75) is 36.7 Å². The lowest BCUT2D eigenvalue weighted by Gasteiger charge is -2.39. The minimum atomic E-state index is -1.68. The molecule has 2 aliphatic heterocycles. The zero-order valence-corrected chi connectivity index (χ0v) is 21.8. The third-order valence-corrected chi connectivity index (χ3v) is 7.19. The Morgan fingerprint density at radius 3 is 2.26 bits per heavy atom. The normalized spacial score (nSPS) is 27.7. The topological polar surface area (TPSA) is 132 Å². The Morgan fingerprint density at radius 1 is 0.921 bits per heavy atom. The molecule has 0 saturated carbocycles. The van der Waals surface area contributed by atoms with Crippen LogP contribution in [0.2, 0.25) is 5.02 Å². The van der Waals surface area contributed by atoms with Crippen LogP contribution in [-0.4, -0.2) is 119 Å². The fraction of sp³-hybridized carbons (Fsp3) is 0.519. The van der Waals surface area contributed by atoms with E-state index in [0.29, 0.717) is 18.2 Å². The Balaban J connectivity index is 1.18. The number of aliphatic hydroxyl groups is 4. The molecule has 2 heterocycles. The van der Waals surface area contributed by atoms with Crippen molar-refractivity contribution in [1.82, 2.24) is 9.80 Å². The first kappa shape index (κ1) is 28.9. The van der Waals surface area contributed by atoms with Gasteiger partial charge in [0, 0.05) is 37.7 Å². The Hall–Kier alpha value is -2.12. The molecular weight excluding hydrogens is 516 g/mol. The largest absolute Gasteiger partial charge is 0.461 e. The van der Waals surface area contributed by atoms with Gasteiger partial charge in [0.15, 0.2) is 6.29 Å². The average molecular weight is 551 g/mol. The number of halogens is 1. The van der Waals surface area contributed by atoms with E-state index >= 15 is 0 Å². The van der Waals surface area contributed by atoms with Crippen molar-refractivity contribution < 1.29 is 39.4 Å². The molecule has 208 valence electrons. The molecule has 2 aliphatic rings. The number of hydrogen-bond acceptors (Lipinski definition) is 10. The average Bonchev–Trinajstić information content (AvgIpc) is 2.94. The van der Waals surface area contributed by atoms with Gasteiger partial charge >= 0.3 is 5.97 Å². The summed E-state index contributed by atoms with van der Waals surface area (Å²) in [5, 5.41) is 39.4. The quantitative estimate of drug-likeness (QED) is 0.243. The number of aliphatic hydroxyl groups excluding tert-OH is 4. The number of carbonyl (C=O) groups is 1. The van der Waals surface area contributed by atoms with Crippen LogP contribution in [0.15, 0.2) is 54.6 Å². The van der Waals surface area contributed by atoms with Crippen molar-refractivity contribution in [3.63, 3.8) is 0 Å². The van der Waals surface area contributed by atoms with Gasteiger partial charge in [-0.05, 0) is 23.3 Å². The molecule has 0 bridgehead atoms. The first-order chi connectivity index (χ1) is 18.3. The van der Waals surface area contributed by atoms with Gasteiger partial charge < -0.3 is 34.6 Å². The van der Waals surface area contributed by atoms with E-state index < -0.39 is 36.7 Å². The highest BCUT2D eigenvalue weighted by molar-refractivity contribution is 6.30. The number of carbonyl (C=O) groups excluding carboxylic acids is 1. The van der Waals surface area contributed by atoms with E-state index in [1.807, 2.05) is 18.2 Å². The minimum Gasteiger partial charge on any atom is -0.461 e. The zero-order valence-electron chi connectivity index (χ0n) is 21.0. The monoisotopic (exact) mass is 550 g/mol. The predicted molar refractivity (Wildman–Crippen MR) is 138 cm³/mol. The van der Waals surface area contributed by atoms with E-state index in [0.717, 1.165) is 26.2 Å². The van der Waals surface area contributed by atoms with Crippen LogP contribution in [-0.2, 0) is 19.0 Å². The summed E-state index contributed by atoms with van der Waals surface area (Å²) < 4.78 is 15.5. The maximum absolute atomic E-state index is 12.0. The van der Waals surface area contributed by atoms with E-state index in [2.05, 4.69) is 46.2 Å². The molecule has 4 rings (SSSR count). The number of hydrogen-bond donors (Lipinski definition) is 4. The summed E-state index contributed by atoms with van der Waals surface area (Å²) in [5.74, 6) is -0.658. The van der Waals surface area contributed by atoms with E-state index in [-0.39, 0.29) is 19.3 Å². The zero-order chi connectivity index (χ0) is 27.1. The van der Waals surface area contributed by atoms with Crippen LogP contribution in [0.1, 0.15) is 17.2 Å². The Morgan fingerprint density at radius 2 is 1.58 bits per heavy atom. The molecule has 2 saturated heterocycles. The second-order valence-corrected chi connectivity index (χ2v) is 9.95. The van der Waals surface area contributed by atoms with Crippen LogP contribution in [0.5, 0.6) is 0 Å². The van der Waals surface area contributed by atoms with Crippen molar-refractivity contribution in [2.24, 2.45) is 0 Å². The maximum Gasteiger partial charge on any atom is 0.332 e. The molecule has 0 spiro atoms. The molecule has 11 heteroatoms. The Kier molecular flexibility index (Phi) is 10.5. The van der Waals surface area contributed by atoms with Crippen LogP contribution in [0, 0.1) is 0 Å².